The van der Waals surface area contributed by atoms with Crippen LogP contribution in [0.25, 0.3) is 0 Å². The Morgan fingerprint density at radius 3 is 2.00 bits per heavy atom. The first kappa shape index (κ1) is 14.0. The topological polar surface area (TPSA) is 52.6 Å². The molecule has 0 aliphatic rings. The van der Waals surface area contributed by atoms with Gasteiger partial charge in [-0.25, -0.2) is 0 Å². The minimum Gasteiger partial charge on any atom is -0.383 e. The summed E-state index contributed by atoms with van der Waals surface area (Å²) in [4.78, 5) is 0. The Kier molecular flexibility index (Phi) is 4.54. The highest BCUT2D eigenvalue weighted by atomic mass is 32.2. The maximum atomic E-state index is 10.9. The molecule has 0 saturated carbocycles. The van der Waals surface area contributed by atoms with Gasteiger partial charge in [-0.15, -0.1) is 0 Å². The normalized spacial score (nSPS) is 13.7. The minimum atomic E-state index is -3.46. The lowest BCUT2D eigenvalue weighted by atomic mass is 9.99. The van der Waals surface area contributed by atoms with Crippen LogP contribution in [0.5, 0.6) is 5.75 Å². The molecule has 4 nitrogen and oxygen atoms in total. The number of rotatable bonds is 5. The molecule has 0 aromatic heterocycles. The standard InChI is InChI=1S/C12H18O4S/c1-9(2)12(15-3)10-5-7-11(8-6-10)16-17(4,13)14/h5-9,12H,1-4H3. The molecule has 17 heavy (non-hydrogen) atoms. The van der Waals surface area contributed by atoms with Gasteiger partial charge < -0.3 is 8.92 Å². The third kappa shape index (κ3) is 4.36. The predicted octanol–water partition coefficient (Wildman–Crippen LogP) is 2.37. The van der Waals surface area contributed by atoms with Crippen LogP contribution in [0.2, 0.25) is 0 Å². The van der Waals surface area contributed by atoms with Gasteiger partial charge in [-0.05, 0) is 23.6 Å². The smallest absolute Gasteiger partial charge is 0.306 e. The van der Waals surface area contributed by atoms with Gasteiger partial charge in [0.25, 0.3) is 0 Å². The Bertz CT molecular complexity index is 448. The molecule has 0 heterocycles. The number of methoxy groups -OCH3 is 1. The van der Waals surface area contributed by atoms with Gasteiger partial charge in [0, 0.05) is 7.11 Å². The summed E-state index contributed by atoms with van der Waals surface area (Å²) in [5.41, 5.74) is 1.00. The van der Waals surface area contributed by atoms with Crippen LogP contribution in [0, 0.1) is 5.92 Å². The highest BCUT2D eigenvalue weighted by Crippen LogP contribution is 2.26. The van der Waals surface area contributed by atoms with Gasteiger partial charge in [0.05, 0.1) is 12.4 Å². The highest BCUT2D eigenvalue weighted by Gasteiger charge is 2.15. The summed E-state index contributed by atoms with van der Waals surface area (Å²) in [7, 11) is -1.81. The molecule has 1 rings (SSSR count). The van der Waals surface area contributed by atoms with Crippen molar-refractivity contribution in [3.8, 4) is 5.75 Å². The van der Waals surface area contributed by atoms with Crippen LogP contribution in [0.1, 0.15) is 25.5 Å². The molecule has 96 valence electrons. The zero-order valence-electron chi connectivity index (χ0n) is 10.5. The number of ether oxygens (including phenoxy) is 1. The lowest BCUT2D eigenvalue weighted by molar-refractivity contribution is 0.0646. The molecule has 1 aromatic carbocycles. The van der Waals surface area contributed by atoms with Gasteiger partial charge in [0.2, 0.25) is 0 Å². The van der Waals surface area contributed by atoms with Crippen LogP contribution in [0.3, 0.4) is 0 Å². The van der Waals surface area contributed by atoms with Crippen molar-refractivity contribution < 1.29 is 17.3 Å². The number of hydrogen-bond acceptors (Lipinski definition) is 4. The predicted molar refractivity (Wildman–Crippen MR) is 66.5 cm³/mol. The summed E-state index contributed by atoms with van der Waals surface area (Å²) in [5.74, 6) is 0.663. The van der Waals surface area contributed by atoms with E-state index in [0.717, 1.165) is 11.8 Å². The fourth-order valence-electron chi connectivity index (χ4n) is 1.68. The van der Waals surface area contributed by atoms with Crippen molar-refractivity contribution in [1.82, 2.24) is 0 Å². The quantitative estimate of drug-likeness (QED) is 0.761. The van der Waals surface area contributed by atoms with E-state index < -0.39 is 10.1 Å². The molecule has 0 saturated heterocycles. The summed E-state index contributed by atoms with van der Waals surface area (Å²) in [6.07, 6.45) is 1.02. The van der Waals surface area contributed by atoms with Crippen molar-refractivity contribution in [1.29, 1.82) is 0 Å². The van der Waals surface area contributed by atoms with Crippen molar-refractivity contribution in [2.75, 3.05) is 13.4 Å². The van der Waals surface area contributed by atoms with E-state index in [1.807, 2.05) is 12.1 Å². The van der Waals surface area contributed by atoms with E-state index in [0.29, 0.717) is 11.7 Å². The minimum absolute atomic E-state index is 0.00211. The first-order valence-electron chi connectivity index (χ1n) is 5.35. The Labute approximate surface area is 103 Å². The van der Waals surface area contributed by atoms with E-state index in [1.165, 1.54) is 0 Å². The third-order valence-corrected chi connectivity index (χ3v) is 2.81. The summed E-state index contributed by atoms with van der Waals surface area (Å²) in [6, 6.07) is 6.89. The molecule has 1 aromatic rings. The van der Waals surface area contributed by atoms with Crippen molar-refractivity contribution in [2.45, 2.75) is 20.0 Å². The maximum absolute atomic E-state index is 10.9. The van der Waals surface area contributed by atoms with Crippen molar-refractivity contribution in [3.63, 3.8) is 0 Å². The van der Waals surface area contributed by atoms with E-state index in [1.54, 1.807) is 19.2 Å². The molecule has 0 N–H and O–H groups in total. The zero-order chi connectivity index (χ0) is 13.1. The molecule has 0 bridgehead atoms. The molecule has 0 radical (unpaired) electrons. The van der Waals surface area contributed by atoms with E-state index >= 15 is 0 Å². The fraction of sp³-hybridized carbons (Fsp3) is 0.500. The highest BCUT2D eigenvalue weighted by molar-refractivity contribution is 7.86. The van der Waals surface area contributed by atoms with Crippen molar-refractivity contribution in [2.24, 2.45) is 5.92 Å². The fourth-order valence-corrected chi connectivity index (χ4v) is 2.14. The molecule has 1 unspecified atom stereocenters. The van der Waals surface area contributed by atoms with Crippen molar-refractivity contribution in [3.05, 3.63) is 29.8 Å². The van der Waals surface area contributed by atoms with Crippen LogP contribution < -0.4 is 4.18 Å². The molecule has 0 amide bonds. The van der Waals surface area contributed by atoms with Crippen LogP contribution in [0.4, 0.5) is 0 Å². The molecule has 0 aliphatic carbocycles. The Morgan fingerprint density at radius 1 is 1.12 bits per heavy atom. The summed E-state index contributed by atoms with van der Waals surface area (Å²) < 4.78 is 32.0. The van der Waals surface area contributed by atoms with Gasteiger partial charge in [-0.2, -0.15) is 8.42 Å². The summed E-state index contributed by atoms with van der Waals surface area (Å²) in [6.45, 7) is 4.13. The molecular weight excluding hydrogens is 240 g/mol. The van der Waals surface area contributed by atoms with Gasteiger partial charge in [0.15, 0.2) is 0 Å². The molecule has 0 fully saturated rings. The average Bonchev–Trinajstić information content (AvgIpc) is 2.18. The monoisotopic (exact) mass is 258 g/mol. The van der Waals surface area contributed by atoms with Gasteiger partial charge in [-0.1, -0.05) is 26.0 Å². The van der Waals surface area contributed by atoms with Crippen LogP contribution in [-0.4, -0.2) is 21.8 Å². The Balaban J connectivity index is 2.87. The maximum Gasteiger partial charge on any atom is 0.306 e. The first-order valence-corrected chi connectivity index (χ1v) is 7.17. The van der Waals surface area contributed by atoms with Gasteiger partial charge in [0.1, 0.15) is 5.75 Å². The average molecular weight is 258 g/mol. The van der Waals surface area contributed by atoms with E-state index in [-0.39, 0.29) is 6.10 Å². The first-order chi connectivity index (χ1) is 7.83. The zero-order valence-corrected chi connectivity index (χ0v) is 11.3. The van der Waals surface area contributed by atoms with Gasteiger partial charge >= 0.3 is 10.1 Å². The SMILES string of the molecule is COC(c1ccc(OS(C)(=O)=O)cc1)C(C)C. The second-order valence-electron chi connectivity index (χ2n) is 4.26. The van der Waals surface area contributed by atoms with Crippen LogP contribution in [-0.2, 0) is 14.9 Å². The molecule has 0 aliphatic heterocycles. The molecular formula is C12H18O4S. The second-order valence-corrected chi connectivity index (χ2v) is 5.83. The number of benzene rings is 1. The molecule has 1 atom stereocenters. The number of hydrogen-bond donors (Lipinski definition) is 0. The lowest BCUT2D eigenvalue weighted by Crippen LogP contribution is -2.09. The third-order valence-electron chi connectivity index (χ3n) is 2.32. The largest absolute Gasteiger partial charge is 0.383 e. The Hall–Kier alpha value is -1.07. The van der Waals surface area contributed by atoms with E-state index in [4.69, 9.17) is 8.92 Å². The van der Waals surface area contributed by atoms with Crippen LogP contribution in [0.15, 0.2) is 24.3 Å². The molecule has 5 heteroatoms. The summed E-state index contributed by atoms with van der Waals surface area (Å²) in [5, 5.41) is 0. The second kappa shape index (κ2) is 5.51. The van der Waals surface area contributed by atoms with Crippen molar-refractivity contribution >= 4 is 10.1 Å². The van der Waals surface area contributed by atoms with Crippen LogP contribution >= 0.6 is 0 Å². The molecule has 0 spiro atoms. The lowest BCUT2D eigenvalue weighted by Gasteiger charge is -2.19. The van der Waals surface area contributed by atoms with Gasteiger partial charge in [-0.3, -0.25) is 0 Å². The van der Waals surface area contributed by atoms with E-state index in [9.17, 15) is 8.42 Å². The van der Waals surface area contributed by atoms with E-state index in [2.05, 4.69) is 13.8 Å². The summed E-state index contributed by atoms with van der Waals surface area (Å²) >= 11 is 0. The Morgan fingerprint density at radius 2 is 1.65 bits per heavy atom.